The van der Waals surface area contributed by atoms with Gasteiger partial charge in [-0.05, 0) is 50.2 Å². The van der Waals surface area contributed by atoms with Crippen LogP contribution in [0.4, 0.5) is 0 Å². The molecular formula is C23H31NO6-2. The molecule has 0 aliphatic rings. The van der Waals surface area contributed by atoms with Crippen molar-refractivity contribution in [2.24, 2.45) is 0 Å². The summed E-state index contributed by atoms with van der Waals surface area (Å²) in [5.74, 6) is -1.87. The number of likely N-dealkylation sites (N-methyl/N-ethyl adjacent to an activating group) is 1. The van der Waals surface area contributed by atoms with Gasteiger partial charge in [0, 0.05) is 18.5 Å². The minimum atomic E-state index is -1.37. The van der Waals surface area contributed by atoms with Crippen LogP contribution in [0, 0.1) is 0 Å². The van der Waals surface area contributed by atoms with Crippen LogP contribution in [0.15, 0.2) is 54.6 Å². The molecule has 30 heavy (non-hydrogen) atoms. The lowest BCUT2D eigenvalue weighted by molar-refractivity contribution is -0.315. The molecule has 0 saturated heterocycles. The van der Waals surface area contributed by atoms with Crippen molar-refractivity contribution < 1.29 is 29.3 Å². The zero-order chi connectivity index (χ0) is 21.6. The van der Waals surface area contributed by atoms with Gasteiger partial charge in [-0.2, -0.15) is 0 Å². The Morgan fingerprint density at radius 3 is 1.83 bits per heavy atom. The second-order valence-electron chi connectivity index (χ2n) is 6.48. The zero-order valence-corrected chi connectivity index (χ0v) is 17.0. The summed E-state index contributed by atoms with van der Waals surface area (Å²) in [6, 6.07) is 18.4. The number of carbonyl (C=O) groups excluding carboxylic acids is 2. The zero-order valence-electron chi connectivity index (χ0n) is 17.0. The summed E-state index contributed by atoms with van der Waals surface area (Å²) in [4.78, 5) is 21.1. The first-order chi connectivity index (χ1) is 13.8. The maximum absolute atomic E-state index is 9.50. The van der Waals surface area contributed by atoms with E-state index in [4.69, 9.17) is 9.47 Å². The Labute approximate surface area is 178 Å². The number of hydrogen-bond acceptors (Lipinski definition) is 7. The van der Waals surface area contributed by atoms with Crippen molar-refractivity contribution in [2.75, 3.05) is 34.4 Å². The summed E-state index contributed by atoms with van der Waals surface area (Å²) in [5, 5.41) is 19.0. The third kappa shape index (κ3) is 11.2. The van der Waals surface area contributed by atoms with Gasteiger partial charge in [0.1, 0.15) is 11.9 Å². The highest BCUT2D eigenvalue weighted by atomic mass is 16.5. The van der Waals surface area contributed by atoms with Gasteiger partial charge in [-0.15, -0.1) is 0 Å². The number of rotatable bonds is 10. The second-order valence-corrected chi connectivity index (χ2v) is 6.48. The van der Waals surface area contributed by atoms with Gasteiger partial charge in [0.05, 0.1) is 13.7 Å². The minimum Gasteiger partial charge on any atom is -0.550 e. The van der Waals surface area contributed by atoms with E-state index in [1.807, 2.05) is 44.4 Å². The van der Waals surface area contributed by atoms with E-state index in [1.165, 1.54) is 5.56 Å². The second kappa shape index (κ2) is 15.0. The fourth-order valence-corrected chi connectivity index (χ4v) is 2.35. The molecule has 0 fully saturated rings. The maximum Gasteiger partial charge on any atom is 0.118 e. The van der Waals surface area contributed by atoms with Crippen LogP contribution in [0.2, 0.25) is 0 Å². The highest BCUT2D eigenvalue weighted by Gasteiger charge is 2.14. The molecule has 7 heteroatoms. The molecule has 0 spiro atoms. The molecule has 0 heterocycles. The van der Waals surface area contributed by atoms with Gasteiger partial charge < -0.3 is 34.2 Å². The van der Waals surface area contributed by atoms with Crippen LogP contribution in [-0.2, 0) is 14.3 Å². The average molecular weight is 418 g/mol. The molecule has 0 aliphatic carbocycles. The minimum absolute atomic E-state index is 0. The highest BCUT2D eigenvalue weighted by molar-refractivity contribution is 5.72. The van der Waals surface area contributed by atoms with E-state index < -0.39 is 24.8 Å². The van der Waals surface area contributed by atoms with Crippen LogP contribution in [0.1, 0.15) is 37.5 Å². The van der Waals surface area contributed by atoms with Crippen LogP contribution in [-0.4, -0.2) is 51.2 Å². The topological polar surface area (TPSA) is 102 Å². The van der Waals surface area contributed by atoms with Gasteiger partial charge in [0.2, 0.25) is 0 Å². The van der Waals surface area contributed by atoms with E-state index in [0.29, 0.717) is 6.61 Å². The van der Waals surface area contributed by atoms with Gasteiger partial charge >= 0.3 is 0 Å². The first-order valence-corrected chi connectivity index (χ1v) is 9.18. The van der Waals surface area contributed by atoms with Crippen molar-refractivity contribution in [2.45, 2.75) is 26.4 Å². The van der Waals surface area contributed by atoms with Gasteiger partial charge in [-0.1, -0.05) is 49.9 Å². The molecule has 1 unspecified atom stereocenters. The van der Waals surface area contributed by atoms with Crippen molar-refractivity contribution in [3.8, 4) is 5.75 Å². The summed E-state index contributed by atoms with van der Waals surface area (Å²) in [6.45, 7) is 1.60. The summed E-state index contributed by atoms with van der Waals surface area (Å²) in [7, 11) is 5.78. The monoisotopic (exact) mass is 417 g/mol. The van der Waals surface area contributed by atoms with E-state index in [1.54, 1.807) is 7.11 Å². The molecule has 166 valence electrons. The molecule has 0 bridgehead atoms. The van der Waals surface area contributed by atoms with Gasteiger partial charge in [0.15, 0.2) is 0 Å². The standard InChI is InChI=1S/C18H23NO2.C4H6O4.CH4/c1-19(2)13-14-21-18(15-7-5-4-6-8-15)16-9-11-17(20-3)12-10-16;5-3(6)1-2-4(7)8;/h4-12,18H,13-14H2,1-3H3;1-2H2,(H,5,6)(H,7,8);1H4/p-2. The first kappa shape index (κ1) is 27.1. The molecule has 0 aliphatic heterocycles. The van der Waals surface area contributed by atoms with E-state index in [-0.39, 0.29) is 13.5 Å². The number of hydrogen-bond donors (Lipinski definition) is 0. The largest absolute Gasteiger partial charge is 0.550 e. The molecule has 2 rings (SSSR count). The Balaban J connectivity index is 0.000000801. The maximum atomic E-state index is 9.50. The average Bonchev–Trinajstić information content (AvgIpc) is 2.71. The van der Waals surface area contributed by atoms with Crippen LogP contribution < -0.4 is 14.9 Å². The molecule has 2 aromatic carbocycles. The van der Waals surface area contributed by atoms with Crippen molar-refractivity contribution in [3.05, 3.63) is 65.7 Å². The molecule has 7 nitrogen and oxygen atoms in total. The van der Waals surface area contributed by atoms with E-state index in [0.717, 1.165) is 17.9 Å². The number of ether oxygens (including phenoxy) is 2. The normalized spacial score (nSPS) is 10.9. The van der Waals surface area contributed by atoms with Crippen molar-refractivity contribution in [1.29, 1.82) is 0 Å². The number of carboxylic acids is 2. The SMILES string of the molecule is C.COc1ccc(C(OCCN(C)C)c2ccccc2)cc1.O=C([O-])CCC(=O)[O-]. The first-order valence-electron chi connectivity index (χ1n) is 9.18. The highest BCUT2D eigenvalue weighted by Crippen LogP contribution is 2.27. The Bertz CT molecular complexity index is 717. The fourth-order valence-electron chi connectivity index (χ4n) is 2.35. The van der Waals surface area contributed by atoms with E-state index >= 15 is 0 Å². The number of nitrogens with zero attached hydrogens (tertiary/aromatic N) is 1. The third-order valence-corrected chi connectivity index (χ3v) is 3.88. The number of benzene rings is 2. The molecule has 0 amide bonds. The molecular weight excluding hydrogens is 386 g/mol. The number of aliphatic carboxylic acids is 2. The van der Waals surface area contributed by atoms with Crippen molar-refractivity contribution in [3.63, 3.8) is 0 Å². The Morgan fingerprint density at radius 1 is 0.900 bits per heavy atom. The summed E-state index contributed by atoms with van der Waals surface area (Å²) < 4.78 is 11.3. The number of carbonyl (C=O) groups is 2. The Hall–Kier alpha value is -2.90. The van der Waals surface area contributed by atoms with Crippen molar-refractivity contribution >= 4 is 11.9 Å². The third-order valence-electron chi connectivity index (χ3n) is 3.88. The Kier molecular flexibility index (Phi) is 13.6. The molecule has 1 atom stereocenters. The van der Waals surface area contributed by atoms with Crippen LogP contribution >= 0.6 is 0 Å². The molecule has 2 aromatic rings. The smallest absolute Gasteiger partial charge is 0.118 e. The van der Waals surface area contributed by atoms with Gasteiger partial charge in [0.25, 0.3) is 0 Å². The van der Waals surface area contributed by atoms with Crippen molar-refractivity contribution in [1.82, 2.24) is 4.90 Å². The summed E-state index contributed by atoms with van der Waals surface area (Å²) in [6.07, 6.45) is -0.984. The van der Waals surface area contributed by atoms with Gasteiger partial charge in [-0.3, -0.25) is 0 Å². The van der Waals surface area contributed by atoms with Crippen LogP contribution in [0.3, 0.4) is 0 Å². The number of carboxylic acid groups (broad SMARTS) is 2. The fraction of sp³-hybridized carbons (Fsp3) is 0.391. The predicted molar refractivity (Wildman–Crippen MR) is 112 cm³/mol. The van der Waals surface area contributed by atoms with Crippen LogP contribution in [0.5, 0.6) is 5.75 Å². The quantitative estimate of drug-likeness (QED) is 0.573. The van der Waals surface area contributed by atoms with E-state index in [9.17, 15) is 19.8 Å². The molecule has 0 aromatic heterocycles. The lowest BCUT2D eigenvalue weighted by atomic mass is 10.0. The molecule has 0 saturated carbocycles. The van der Waals surface area contributed by atoms with E-state index in [2.05, 4.69) is 29.2 Å². The van der Waals surface area contributed by atoms with Gasteiger partial charge in [-0.25, -0.2) is 0 Å². The summed E-state index contributed by atoms with van der Waals surface area (Å²) in [5.41, 5.74) is 2.31. The lowest BCUT2D eigenvalue weighted by Gasteiger charge is -2.20. The number of methoxy groups -OCH3 is 1. The molecule has 0 N–H and O–H groups in total. The Morgan fingerprint density at radius 2 is 1.40 bits per heavy atom. The molecule has 0 radical (unpaired) electrons. The summed E-state index contributed by atoms with van der Waals surface area (Å²) >= 11 is 0. The predicted octanol–water partition coefficient (Wildman–Crippen LogP) is 1.27. The lowest BCUT2D eigenvalue weighted by Crippen LogP contribution is -2.27. The van der Waals surface area contributed by atoms with Crippen LogP contribution in [0.25, 0.3) is 0 Å².